The highest BCUT2D eigenvalue weighted by Gasteiger charge is 2.17. The van der Waals surface area contributed by atoms with E-state index in [1.165, 1.54) is 13.2 Å². The number of hydrogen-bond acceptors (Lipinski definition) is 4. The summed E-state index contributed by atoms with van der Waals surface area (Å²) in [4.78, 5) is 24.0. The zero-order chi connectivity index (χ0) is 17.5. The molecule has 0 aliphatic rings. The van der Waals surface area contributed by atoms with Crippen LogP contribution < -0.4 is 10.1 Å². The summed E-state index contributed by atoms with van der Waals surface area (Å²) in [5.74, 6) is -0.722. The van der Waals surface area contributed by atoms with Gasteiger partial charge in [-0.1, -0.05) is 41.9 Å². The van der Waals surface area contributed by atoms with E-state index in [2.05, 4.69) is 5.32 Å². The summed E-state index contributed by atoms with van der Waals surface area (Å²) in [6, 6.07) is 13.9. The van der Waals surface area contributed by atoms with Crippen LogP contribution >= 0.6 is 11.6 Å². The highest BCUT2D eigenvalue weighted by Crippen LogP contribution is 2.23. The van der Waals surface area contributed by atoms with Gasteiger partial charge in [0, 0.05) is 5.02 Å². The molecule has 6 heteroatoms. The molecule has 0 saturated heterocycles. The van der Waals surface area contributed by atoms with Crippen molar-refractivity contribution in [3.63, 3.8) is 0 Å². The molecule has 126 valence electrons. The fourth-order valence-corrected chi connectivity index (χ4v) is 2.33. The quantitative estimate of drug-likeness (QED) is 0.813. The number of halogens is 1. The average Bonchev–Trinajstić information content (AvgIpc) is 2.60. The number of ether oxygens (including phenoxy) is 2. The third-order valence-electron chi connectivity index (χ3n) is 3.39. The van der Waals surface area contributed by atoms with Crippen LogP contribution in [0.25, 0.3) is 0 Å². The van der Waals surface area contributed by atoms with Crippen molar-refractivity contribution in [2.75, 3.05) is 13.7 Å². The minimum absolute atomic E-state index is 0.175. The van der Waals surface area contributed by atoms with Crippen LogP contribution in [0.5, 0.6) is 5.75 Å². The number of carbonyl (C=O) groups is 2. The lowest BCUT2D eigenvalue weighted by atomic mass is 10.1. The van der Waals surface area contributed by atoms with Gasteiger partial charge in [-0.3, -0.25) is 4.79 Å². The number of amides is 1. The van der Waals surface area contributed by atoms with Crippen LogP contribution in [0.15, 0.2) is 48.5 Å². The first kappa shape index (κ1) is 17.8. The Morgan fingerprint density at radius 2 is 1.88 bits per heavy atom. The van der Waals surface area contributed by atoms with E-state index in [0.717, 1.165) is 5.56 Å². The molecule has 0 unspecified atom stereocenters. The monoisotopic (exact) mass is 347 g/mol. The molecule has 2 aromatic carbocycles. The van der Waals surface area contributed by atoms with Crippen molar-refractivity contribution in [1.82, 2.24) is 5.32 Å². The Labute approximate surface area is 145 Å². The van der Waals surface area contributed by atoms with Gasteiger partial charge in [-0.25, -0.2) is 4.79 Å². The lowest BCUT2D eigenvalue weighted by Gasteiger charge is -2.14. The van der Waals surface area contributed by atoms with Gasteiger partial charge in [-0.05, 0) is 30.7 Å². The second kappa shape index (κ2) is 8.36. The Bertz CT molecular complexity index is 718. The topological polar surface area (TPSA) is 64.6 Å². The molecule has 0 bridgehead atoms. The van der Waals surface area contributed by atoms with Gasteiger partial charge in [0.05, 0.1) is 13.2 Å². The Morgan fingerprint density at radius 1 is 1.17 bits per heavy atom. The molecule has 1 amide bonds. The SMILES string of the molecule is COc1ccc(Cl)cc1C(=O)OCC(=O)N[C@@H](C)c1ccccc1. The molecule has 0 aliphatic carbocycles. The normalized spacial score (nSPS) is 11.5. The van der Waals surface area contributed by atoms with E-state index in [1.54, 1.807) is 12.1 Å². The van der Waals surface area contributed by atoms with Crippen LogP contribution in [-0.2, 0) is 9.53 Å². The molecule has 0 fully saturated rings. The molecule has 0 spiro atoms. The number of rotatable bonds is 6. The summed E-state index contributed by atoms with van der Waals surface area (Å²) < 4.78 is 10.1. The molecule has 2 aromatic rings. The smallest absolute Gasteiger partial charge is 0.342 e. The number of benzene rings is 2. The minimum Gasteiger partial charge on any atom is -0.496 e. The first-order valence-corrected chi connectivity index (χ1v) is 7.74. The van der Waals surface area contributed by atoms with Crippen LogP contribution in [0.3, 0.4) is 0 Å². The maximum absolute atomic E-state index is 12.1. The van der Waals surface area contributed by atoms with E-state index in [0.29, 0.717) is 10.8 Å². The summed E-state index contributed by atoms with van der Waals surface area (Å²) in [5, 5.41) is 3.15. The molecule has 0 saturated carbocycles. The molecule has 24 heavy (non-hydrogen) atoms. The maximum Gasteiger partial charge on any atom is 0.342 e. The van der Waals surface area contributed by atoms with Crippen molar-refractivity contribution in [2.24, 2.45) is 0 Å². The zero-order valence-corrected chi connectivity index (χ0v) is 14.2. The van der Waals surface area contributed by atoms with Gasteiger partial charge in [0.25, 0.3) is 5.91 Å². The van der Waals surface area contributed by atoms with Crippen molar-refractivity contribution >= 4 is 23.5 Å². The maximum atomic E-state index is 12.1. The van der Waals surface area contributed by atoms with Crippen molar-refractivity contribution in [3.8, 4) is 5.75 Å². The van der Waals surface area contributed by atoms with Gasteiger partial charge in [0.15, 0.2) is 6.61 Å². The molecule has 2 rings (SSSR count). The van der Waals surface area contributed by atoms with Gasteiger partial charge in [0.1, 0.15) is 11.3 Å². The molecular formula is C18H18ClNO4. The van der Waals surface area contributed by atoms with E-state index in [-0.39, 0.29) is 24.1 Å². The van der Waals surface area contributed by atoms with E-state index >= 15 is 0 Å². The summed E-state index contributed by atoms with van der Waals surface area (Å²) in [6.07, 6.45) is 0. The van der Waals surface area contributed by atoms with Gasteiger partial charge < -0.3 is 14.8 Å². The molecule has 0 radical (unpaired) electrons. The molecule has 1 N–H and O–H groups in total. The Kier molecular flexibility index (Phi) is 6.21. The van der Waals surface area contributed by atoms with Crippen molar-refractivity contribution < 1.29 is 19.1 Å². The van der Waals surface area contributed by atoms with Gasteiger partial charge in [-0.2, -0.15) is 0 Å². The first-order chi connectivity index (χ1) is 11.5. The third-order valence-corrected chi connectivity index (χ3v) is 3.63. The number of methoxy groups -OCH3 is 1. The van der Waals surface area contributed by atoms with Crippen LogP contribution in [0.4, 0.5) is 0 Å². The fourth-order valence-electron chi connectivity index (χ4n) is 2.16. The number of esters is 1. The van der Waals surface area contributed by atoms with Gasteiger partial charge >= 0.3 is 5.97 Å². The average molecular weight is 348 g/mol. The second-order valence-electron chi connectivity index (χ2n) is 5.12. The highest BCUT2D eigenvalue weighted by molar-refractivity contribution is 6.31. The number of nitrogens with one attached hydrogen (secondary N) is 1. The van der Waals surface area contributed by atoms with Crippen molar-refractivity contribution in [3.05, 3.63) is 64.7 Å². The summed E-state index contributed by atoms with van der Waals surface area (Å²) >= 11 is 5.87. The molecule has 0 aliphatic heterocycles. The van der Waals surface area contributed by atoms with Crippen LogP contribution in [0, 0.1) is 0 Å². The van der Waals surface area contributed by atoms with Crippen molar-refractivity contribution in [2.45, 2.75) is 13.0 Å². The largest absolute Gasteiger partial charge is 0.496 e. The lowest BCUT2D eigenvalue weighted by molar-refractivity contribution is -0.124. The predicted molar refractivity (Wildman–Crippen MR) is 91.3 cm³/mol. The molecule has 1 atom stereocenters. The standard InChI is InChI=1S/C18H18ClNO4/c1-12(13-6-4-3-5-7-13)20-17(21)11-24-18(22)15-10-14(19)8-9-16(15)23-2/h3-10,12H,11H2,1-2H3,(H,20,21)/t12-/m0/s1. The summed E-state index contributed by atoms with van der Waals surface area (Å²) in [5.41, 5.74) is 1.14. The highest BCUT2D eigenvalue weighted by atomic mass is 35.5. The number of hydrogen-bond donors (Lipinski definition) is 1. The van der Waals surface area contributed by atoms with Gasteiger partial charge in [0.2, 0.25) is 0 Å². The van der Waals surface area contributed by atoms with E-state index in [9.17, 15) is 9.59 Å². The van der Waals surface area contributed by atoms with Crippen LogP contribution in [-0.4, -0.2) is 25.6 Å². The Balaban J connectivity index is 1.92. The zero-order valence-electron chi connectivity index (χ0n) is 13.4. The molecule has 5 nitrogen and oxygen atoms in total. The summed E-state index contributed by atoms with van der Waals surface area (Å²) in [6.45, 7) is 1.47. The fraction of sp³-hybridized carbons (Fsp3) is 0.222. The summed E-state index contributed by atoms with van der Waals surface area (Å²) in [7, 11) is 1.44. The van der Waals surface area contributed by atoms with Crippen LogP contribution in [0.1, 0.15) is 28.9 Å². The third kappa shape index (κ3) is 4.73. The van der Waals surface area contributed by atoms with Crippen LogP contribution in [0.2, 0.25) is 5.02 Å². The predicted octanol–water partition coefficient (Wildman–Crippen LogP) is 3.38. The van der Waals surface area contributed by atoms with Crippen molar-refractivity contribution in [1.29, 1.82) is 0 Å². The first-order valence-electron chi connectivity index (χ1n) is 7.36. The van der Waals surface area contributed by atoms with Gasteiger partial charge in [-0.15, -0.1) is 0 Å². The van der Waals surface area contributed by atoms with E-state index in [4.69, 9.17) is 21.1 Å². The molecular weight excluding hydrogens is 330 g/mol. The lowest BCUT2D eigenvalue weighted by Crippen LogP contribution is -2.31. The minimum atomic E-state index is -0.670. The van der Waals surface area contributed by atoms with E-state index in [1.807, 2.05) is 37.3 Å². The number of carbonyl (C=O) groups excluding carboxylic acids is 2. The molecule has 0 aromatic heterocycles. The Hall–Kier alpha value is -2.53. The Morgan fingerprint density at radius 3 is 2.54 bits per heavy atom. The van der Waals surface area contributed by atoms with E-state index < -0.39 is 5.97 Å². The molecule has 0 heterocycles. The second-order valence-corrected chi connectivity index (χ2v) is 5.56.